The van der Waals surface area contributed by atoms with E-state index in [-0.39, 0.29) is 34.8 Å². The molecule has 0 bridgehead atoms. The lowest BCUT2D eigenvalue weighted by atomic mass is 10.2. The molecule has 10 heteroatoms. The summed E-state index contributed by atoms with van der Waals surface area (Å²) < 4.78 is 34.1. The predicted molar refractivity (Wildman–Crippen MR) is 116 cm³/mol. The Morgan fingerprint density at radius 1 is 1.20 bits per heavy atom. The first kappa shape index (κ1) is 21.8. The van der Waals surface area contributed by atoms with E-state index >= 15 is 0 Å². The summed E-state index contributed by atoms with van der Waals surface area (Å²) in [6.07, 6.45) is -0.110. The monoisotopic (exact) mass is 447 g/mol. The van der Waals surface area contributed by atoms with Crippen molar-refractivity contribution in [2.75, 3.05) is 19.0 Å². The number of ether oxygens (including phenoxy) is 1. The van der Waals surface area contributed by atoms with Gasteiger partial charge in [0.05, 0.1) is 12.0 Å². The second-order valence-corrected chi connectivity index (χ2v) is 9.11. The van der Waals surface area contributed by atoms with Gasteiger partial charge in [-0.1, -0.05) is 36.0 Å². The van der Waals surface area contributed by atoms with Gasteiger partial charge in [0.15, 0.2) is 5.17 Å². The van der Waals surface area contributed by atoms with E-state index in [4.69, 9.17) is 4.74 Å². The van der Waals surface area contributed by atoms with Crippen LogP contribution in [0, 0.1) is 0 Å². The van der Waals surface area contributed by atoms with Crippen molar-refractivity contribution in [1.29, 1.82) is 0 Å². The van der Waals surface area contributed by atoms with Crippen molar-refractivity contribution in [2.24, 2.45) is 4.40 Å². The maximum Gasteiger partial charge on any atom is 0.284 e. The van der Waals surface area contributed by atoms with Crippen LogP contribution in [-0.4, -0.2) is 49.2 Å². The molecule has 8 nitrogen and oxygen atoms in total. The van der Waals surface area contributed by atoms with Gasteiger partial charge in [0.1, 0.15) is 11.0 Å². The molecule has 1 aliphatic rings. The van der Waals surface area contributed by atoms with Crippen LogP contribution in [0.1, 0.15) is 13.3 Å². The molecule has 1 aliphatic heterocycles. The van der Waals surface area contributed by atoms with Crippen LogP contribution >= 0.6 is 11.8 Å². The van der Waals surface area contributed by atoms with E-state index in [0.29, 0.717) is 11.4 Å². The van der Waals surface area contributed by atoms with E-state index in [1.54, 1.807) is 49.4 Å². The van der Waals surface area contributed by atoms with Crippen LogP contribution in [0.4, 0.5) is 5.69 Å². The quantitative estimate of drug-likeness (QED) is 0.700. The maximum absolute atomic E-state index is 12.7. The number of nitrogens with zero attached hydrogens (tertiary/aromatic N) is 2. The summed E-state index contributed by atoms with van der Waals surface area (Å²) in [6, 6.07) is 14.7. The lowest BCUT2D eigenvalue weighted by Crippen LogP contribution is -2.33. The lowest BCUT2D eigenvalue weighted by molar-refractivity contribution is -0.128. The number of methoxy groups -OCH3 is 1. The highest BCUT2D eigenvalue weighted by Gasteiger charge is 2.39. The number of sulfonamides is 1. The fraction of sp³-hybridized carbons (Fsp3) is 0.250. The fourth-order valence-electron chi connectivity index (χ4n) is 2.83. The molecule has 0 radical (unpaired) electrons. The summed E-state index contributed by atoms with van der Waals surface area (Å²) >= 11 is 0.981. The molecule has 2 amide bonds. The van der Waals surface area contributed by atoms with Crippen molar-refractivity contribution in [1.82, 2.24) is 4.90 Å². The minimum Gasteiger partial charge on any atom is -0.497 e. The smallest absolute Gasteiger partial charge is 0.284 e. The molecule has 3 rings (SSSR count). The molecule has 0 saturated carbocycles. The molecule has 1 fully saturated rings. The summed E-state index contributed by atoms with van der Waals surface area (Å²) in [5.74, 6) is -0.112. The average molecular weight is 448 g/mol. The third-order valence-corrected chi connectivity index (χ3v) is 6.87. The second kappa shape index (κ2) is 9.31. The van der Waals surface area contributed by atoms with E-state index in [2.05, 4.69) is 9.71 Å². The Balaban J connectivity index is 1.74. The van der Waals surface area contributed by atoms with Gasteiger partial charge in [0, 0.05) is 24.7 Å². The number of carbonyl (C=O) groups is 2. The first-order chi connectivity index (χ1) is 14.3. The highest BCUT2D eigenvalue weighted by molar-refractivity contribution is 8.16. The Bertz CT molecular complexity index is 1070. The topological polar surface area (TPSA) is 105 Å². The van der Waals surface area contributed by atoms with Gasteiger partial charge in [-0.15, -0.1) is 4.40 Å². The van der Waals surface area contributed by atoms with Crippen LogP contribution in [-0.2, 0) is 19.6 Å². The molecule has 2 aromatic carbocycles. The number of carbonyl (C=O) groups excluding carboxylic acids is 2. The van der Waals surface area contributed by atoms with Crippen molar-refractivity contribution in [2.45, 2.75) is 23.5 Å². The molecule has 30 heavy (non-hydrogen) atoms. The number of amidine groups is 1. The number of hydrogen-bond donors (Lipinski definition) is 1. The average Bonchev–Trinajstić information content (AvgIpc) is 3.01. The number of amides is 2. The third-order valence-electron chi connectivity index (χ3n) is 4.30. The molecule has 1 N–H and O–H groups in total. The first-order valence-corrected chi connectivity index (χ1v) is 11.5. The van der Waals surface area contributed by atoms with Crippen LogP contribution in [0.2, 0.25) is 0 Å². The largest absolute Gasteiger partial charge is 0.497 e. The van der Waals surface area contributed by atoms with Gasteiger partial charge in [-0.2, -0.15) is 8.42 Å². The zero-order chi connectivity index (χ0) is 21.7. The number of hydrogen-bond acceptors (Lipinski definition) is 6. The van der Waals surface area contributed by atoms with Crippen LogP contribution in [0.3, 0.4) is 0 Å². The molecule has 1 saturated heterocycles. The Morgan fingerprint density at radius 2 is 1.93 bits per heavy atom. The van der Waals surface area contributed by atoms with Crippen molar-refractivity contribution in [3.63, 3.8) is 0 Å². The molecular formula is C20H21N3O5S2. The van der Waals surface area contributed by atoms with Gasteiger partial charge < -0.3 is 10.1 Å². The highest BCUT2D eigenvalue weighted by atomic mass is 32.2. The molecule has 158 valence electrons. The van der Waals surface area contributed by atoms with E-state index < -0.39 is 15.3 Å². The second-order valence-electron chi connectivity index (χ2n) is 6.34. The molecule has 2 aromatic rings. The van der Waals surface area contributed by atoms with Crippen LogP contribution in [0.5, 0.6) is 5.75 Å². The van der Waals surface area contributed by atoms with E-state index in [9.17, 15) is 18.0 Å². The number of thioether (sulfide) groups is 1. The van der Waals surface area contributed by atoms with Gasteiger partial charge in [0.25, 0.3) is 10.0 Å². The van der Waals surface area contributed by atoms with Crippen molar-refractivity contribution in [3.8, 4) is 5.75 Å². The van der Waals surface area contributed by atoms with Gasteiger partial charge >= 0.3 is 0 Å². The number of rotatable bonds is 7. The van der Waals surface area contributed by atoms with Crippen LogP contribution in [0.25, 0.3) is 0 Å². The van der Waals surface area contributed by atoms with Gasteiger partial charge in [-0.3, -0.25) is 14.5 Å². The third kappa shape index (κ3) is 5.00. The zero-order valence-electron chi connectivity index (χ0n) is 16.4. The first-order valence-electron chi connectivity index (χ1n) is 9.16. The Morgan fingerprint density at radius 3 is 2.60 bits per heavy atom. The summed E-state index contributed by atoms with van der Waals surface area (Å²) in [6.45, 7) is 1.98. The van der Waals surface area contributed by atoms with Crippen molar-refractivity contribution < 1.29 is 22.7 Å². The number of anilines is 1. The zero-order valence-corrected chi connectivity index (χ0v) is 18.1. The minimum absolute atomic E-state index is 0.0424. The molecule has 1 atom stereocenters. The Kier molecular flexibility index (Phi) is 6.78. The predicted octanol–water partition coefficient (Wildman–Crippen LogP) is 2.73. The van der Waals surface area contributed by atoms with Crippen LogP contribution < -0.4 is 10.1 Å². The lowest BCUT2D eigenvalue weighted by Gasteiger charge is -2.13. The van der Waals surface area contributed by atoms with Crippen molar-refractivity contribution in [3.05, 3.63) is 54.6 Å². The normalized spacial score (nSPS) is 17.9. The fourth-order valence-corrected chi connectivity index (χ4v) is 5.27. The minimum atomic E-state index is -3.96. The number of benzene rings is 2. The van der Waals surface area contributed by atoms with E-state index in [0.717, 1.165) is 11.8 Å². The summed E-state index contributed by atoms with van der Waals surface area (Å²) in [4.78, 5) is 26.4. The Labute approximate surface area is 179 Å². The molecule has 0 aliphatic carbocycles. The molecule has 0 aromatic heterocycles. The SMILES string of the molecule is CCN1C(=O)C(CC(=O)Nc2cccc(OC)c2)SC1=NS(=O)(=O)c1ccccc1. The molecule has 1 heterocycles. The van der Waals surface area contributed by atoms with Crippen LogP contribution in [0.15, 0.2) is 63.9 Å². The van der Waals surface area contributed by atoms with Gasteiger partial charge in [0.2, 0.25) is 11.8 Å². The summed E-state index contributed by atoms with van der Waals surface area (Å²) in [5, 5.41) is 2.05. The van der Waals surface area contributed by atoms with Gasteiger partial charge in [-0.05, 0) is 31.2 Å². The van der Waals surface area contributed by atoms with E-state index in [1.807, 2.05) is 0 Å². The number of nitrogens with one attached hydrogen (secondary N) is 1. The van der Waals surface area contributed by atoms with E-state index in [1.165, 1.54) is 24.1 Å². The summed E-state index contributed by atoms with van der Waals surface area (Å²) in [7, 11) is -2.43. The maximum atomic E-state index is 12.7. The molecular weight excluding hydrogens is 426 g/mol. The van der Waals surface area contributed by atoms with Gasteiger partial charge in [-0.25, -0.2) is 0 Å². The molecule has 0 spiro atoms. The molecule has 1 unspecified atom stereocenters. The Hall–Kier alpha value is -2.85. The van der Waals surface area contributed by atoms with Crippen molar-refractivity contribution >= 4 is 44.5 Å². The standard InChI is InChI=1S/C20H21N3O5S2/c1-3-23-19(25)17(13-18(24)21-14-8-7-9-15(12-14)28-2)29-20(23)22-30(26,27)16-10-5-4-6-11-16/h4-12,17H,3,13H2,1-2H3,(H,21,24). The highest BCUT2D eigenvalue weighted by Crippen LogP contribution is 2.31. The summed E-state index contributed by atoms with van der Waals surface area (Å²) in [5.41, 5.74) is 0.544.